The van der Waals surface area contributed by atoms with Crippen molar-refractivity contribution in [2.24, 2.45) is 0 Å². The van der Waals surface area contributed by atoms with E-state index in [2.05, 4.69) is 45.6 Å². The van der Waals surface area contributed by atoms with Gasteiger partial charge in [-0.3, -0.25) is 4.90 Å². The van der Waals surface area contributed by atoms with Crippen molar-refractivity contribution in [3.63, 3.8) is 0 Å². The van der Waals surface area contributed by atoms with Gasteiger partial charge in [-0.05, 0) is 37.5 Å². The Balaban J connectivity index is 1.56. The number of halogens is 3. The van der Waals surface area contributed by atoms with Crippen molar-refractivity contribution < 1.29 is 27.4 Å². The van der Waals surface area contributed by atoms with Crippen LogP contribution < -0.4 is 4.90 Å². The van der Waals surface area contributed by atoms with Gasteiger partial charge in [-0.15, -0.1) is 6.42 Å². The lowest BCUT2D eigenvalue weighted by Crippen LogP contribution is -2.49. The zero-order chi connectivity index (χ0) is 23.3. The number of carbonyl (C=O) groups excluding carboxylic acids is 1. The molecule has 0 aliphatic carbocycles. The molecule has 2 aliphatic rings. The van der Waals surface area contributed by atoms with Crippen LogP contribution in [-0.2, 0) is 16.0 Å². The highest BCUT2D eigenvalue weighted by Gasteiger charge is 2.40. The van der Waals surface area contributed by atoms with Gasteiger partial charge >= 0.3 is 12.3 Å². The van der Waals surface area contributed by atoms with E-state index in [-0.39, 0.29) is 6.10 Å². The van der Waals surface area contributed by atoms with Crippen molar-refractivity contribution in [2.75, 3.05) is 50.8 Å². The summed E-state index contributed by atoms with van der Waals surface area (Å²) >= 11 is 0. The van der Waals surface area contributed by atoms with E-state index in [4.69, 9.17) is 11.2 Å². The molecule has 32 heavy (non-hydrogen) atoms. The first kappa shape index (κ1) is 24.2. The van der Waals surface area contributed by atoms with E-state index in [0.717, 1.165) is 32.1 Å². The van der Waals surface area contributed by atoms with Crippen LogP contribution in [0.2, 0.25) is 0 Å². The molecule has 2 aliphatic heterocycles. The molecule has 1 unspecified atom stereocenters. The van der Waals surface area contributed by atoms with E-state index in [1.165, 1.54) is 16.0 Å². The van der Waals surface area contributed by atoms with Gasteiger partial charge in [0.05, 0.1) is 6.10 Å². The summed E-state index contributed by atoms with van der Waals surface area (Å²) in [7, 11) is 0. The number of piperazine rings is 1. The van der Waals surface area contributed by atoms with Crippen LogP contribution in [0.3, 0.4) is 0 Å². The summed E-state index contributed by atoms with van der Waals surface area (Å²) in [6.45, 7) is 7.38. The van der Waals surface area contributed by atoms with Crippen LogP contribution in [0, 0.1) is 19.3 Å². The largest absolute Gasteiger partial charge is 0.437 e. The van der Waals surface area contributed by atoms with Crippen molar-refractivity contribution in [1.82, 2.24) is 9.80 Å². The highest BCUT2D eigenvalue weighted by Crippen LogP contribution is 2.29. The van der Waals surface area contributed by atoms with E-state index >= 15 is 0 Å². The molecule has 2 atom stereocenters. The molecule has 3 rings (SSSR count). The van der Waals surface area contributed by atoms with E-state index in [9.17, 15) is 18.0 Å². The van der Waals surface area contributed by atoms with Crippen LogP contribution in [-0.4, -0.2) is 80.2 Å². The summed E-state index contributed by atoms with van der Waals surface area (Å²) < 4.78 is 48.2. The van der Waals surface area contributed by atoms with Gasteiger partial charge in [-0.2, -0.15) is 13.2 Å². The Hall–Kier alpha value is -2.44. The molecule has 0 saturated carbocycles. The quantitative estimate of drug-likeness (QED) is 0.618. The van der Waals surface area contributed by atoms with Crippen molar-refractivity contribution in [1.29, 1.82) is 0 Å². The number of terminal acetylenes is 1. The first-order valence-corrected chi connectivity index (χ1v) is 10.8. The molecule has 0 radical (unpaired) electrons. The second kappa shape index (κ2) is 10.5. The molecule has 0 aromatic heterocycles. The van der Waals surface area contributed by atoms with Crippen LogP contribution >= 0.6 is 0 Å². The molecule has 1 aromatic carbocycles. The van der Waals surface area contributed by atoms with Gasteiger partial charge in [0.25, 0.3) is 0 Å². The fourth-order valence-corrected chi connectivity index (χ4v) is 3.97. The van der Waals surface area contributed by atoms with Gasteiger partial charge in [-0.1, -0.05) is 18.1 Å². The maximum absolute atomic E-state index is 12.6. The van der Waals surface area contributed by atoms with Gasteiger partial charge in [-0.25, -0.2) is 4.79 Å². The minimum Gasteiger partial charge on any atom is -0.437 e. The van der Waals surface area contributed by atoms with Crippen molar-refractivity contribution in [3.8, 4) is 12.3 Å². The average Bonchev–Trinajstić information content (AvgIpc) is 3.22. The number of anilines is 1. The number of rotatable bonds is 6. The smallest absolute Gasteiger partial charge is 0.425 e. The van der Waals surface area contributed by atoms with Crippen LogP contribution in [0.25, 0.3) is 0 Å². The van der Waals surface area contributed by atoms with Crippen LogP contribution in [0.5, 0.6) is 0 Å². The monoisotopic (exact) mass is 453 g/mol. The van der Waals surface area contributed by atoms with E-state index in [0.29, 0.717) is 39.3 Å². The summed E-state index contributed by atoms with van der Waals surface area (Å²) in [6.07, 6.45) is -1.25. The SMILES string of the molecule is C#CCO[C@@H]1CCN(c2cc(C)ccc2CN2CCN(C(=O)OC(C)C(F)(F)F)CC2)C1. The highest BCUT2D eigenvalue weighted by atomic mass is 19.4. The molecular weight excluding hydrogens is 423 g/mol. The Morgan fingerprint density at radius 2 is 1.97 bits per heavy atom. The first-order chi connectivity index (χ1) is 15.2. The number of hydrogen-bond donors (Lipinski definition) is 0. The van der Waals surface area contributed by atoms with Crippen molar-refractivity contribution in [3.05, 3.63) is 29.3 Å². The predicted octanol–water partition coefficient (Wildman–Crippen LogP) is 3.43. The molecule has 2 saturated heterocycles. The number of aryl methyl sites for hydroxylation is 1. The maximum atomic E-state index is 12.6. The molecule has 176 valence electrons. The number of carbonyl (C=O) groups is 1. The Labute approximate surface area is 187 Å². The van der Waals surface area contributed by atoms with E-state index in [1.54, 1.807) is 0 Å². The second-order valence-electron chi connectivity index (χ2n) is 8.33. The van der Waals surface area contributed by atoms with Gasteiger partial charge in [0, 0.05) is 51.5 Å². The normalized spacial score (nSPS) is 20.8. The number of ether oxygens (including phenoxy) is 2. The Morgan fingerprint density at radius 1 is 1.25 bits per heavy atom. The molecule has 0 bridgehead atoms. The summed E-state index contributed by atoms with van der Waals surface area (Å²) in [5.41, 5.74) is 3.51. The summed E-state index contributed by atoms with van der Waals surface area (Å²) in [5, 5.41) is 0. The van der Waals surface area contributed by atoms with E-state index in [1.807, 2.05) is 0 Å². The Morgan fingerprint density at radius 3 is 2.62 bits per heavy atom. The predicted molar refractivity (Wildman–Crippen MR) is 115 cm³/mol. The summed E-state index contributed by atoms with van der Waals surface area (Å²) in [5.74, 6) is 2.51. The van der Waals surface area contributed by atoms with Gasteiger partial charge in [0.2, 0.25) is 0 Å². The lowest BCUT2D eigenvalue weighted by atomic mass is 10.1. The lowest BCUT2D eigenvalue weighted by molar-refractivity contribution is -0.200. The second-order valence-corrected chi connectivity index (χ2v) is 8.33. The molecule has 0 spiro atoms. The molecule has 2 fully saturated rings. The molecule has 9 heteroatoms. The average molecular weight is 454 g/mol. The number of hydrogen-bond acceptors (Lipinski definition) is 5. The van der Waals surface area contributed by atoms with Gasteiger partial charge in [0.1, 0.15) is 6.61 Å². The molecular formula is C23H30F3N3O3. The number of benzene rings is 1. The van der Waals surface area contributed by atoms with Gasteiger partial charge in [0.15, 0.2) is 6.10 Å². The van der Waals surface area contributed by atoms with Crippen LogP contribution in [0.15, 0.2) is 18.2 Å². The molecule has 6 nitrogen and oxygen atoms in total. The first-order valence-electron chi connectivity index (χ1n) is 10.8. The number of nitrogens with zero attached hydrogens (tertiary/aromatic N) is 3. The molecule has 1 aromatic rings. The minimum absolute atomic E-state index is 0.119. The highest BCUT2D eigenvalue weighted by molar-refractivity contribution is 5.68. The molecule has 1 amide bonds. The Bertz CT molecular complexity index is 832. The zero-order valence-corrected chi connectivity index (χ0v) is 18.5. The lowest BCUT2D eigenvalue weighted by Gasteiger charge is -2.35. The number of alkyl halides is 3. The van der Waals surface area contributed by atoms with Gasteiger partial charge < -0.3 is 19.3 Å². The topological polar surface area (TPSA) is 45.2 Å². The standard InChI is InChI=1S/C23H30F3N3O3/c1-4-13-31-20-7-8-29(16-20)21-14-17(2)5-6-19(21)15-27-9-11-28(12-10-27)22(30)32-18(3)23(24,25)26/h1,5-6,14,18,20H,7-13,15-16H2,2-3H3/t18?,20-/m1/s1. The third-order valence-corrected chi connectivity index (χ3v) is 5.89. The minimum atomic E-state index is -4.56. The summed E-state index contributed by atoms with van der Waals surface area (Å²) in [4.78, 5) is 17.9. The maximum Gasteiger partial charge on any atom is 0.425 e. The summed E-state index contributed by atoms with van der Waals surface area (Å²) in [6, 6.07) is 6.37. The fraction of sp³-hybridized carbons (Fsp3) is 0.609. The fourth-order valence-electron chi connectivity index (χ4n) is 3.97. The van der Waals surface area contributed by atoms with Crippen LogP contribution in [0.1, 0.15) is 24.5 Å². The van der Waals surface area contributed by atoms with Crippen molar-refractivity contribution >= 4 is 11.8 Å². The zero-order valence-electron chi connectivity index (χ0n) is 18.5. The van der Waals surface area contributed by atoms with Crippen LogP contribution in [0.4, 0.5) is 23.7 Å². The molecule has 2 heterocycles. The third kappa shape index (κ3) is 6.30. The third-order valence-electron chi connectivity index (χ3n) is 5.89. The van der Waals surface area contributed by atoms with E-state index < -0.39 is 18.4 Å². The number of amides is 1. The molecule has 0 N–H and O–H groups in total. The Kier molecular flexibility index (Phi) is 7.91. The van der Waals surface area contributed by atoms with Crippen molar-refractivity contribution in [2.45, 2.75) is 45.2 Å².